The van der Waals surface area contributed by atoms with Crippen molar-refractivity contribution in [3.8, 4) is 0 Å². The Morgan fingerprint density at radius 2 is 1.95 bits per heavy atom. The molecule has 1 heterocycles. The van der Waals surface area contributed by atoms with Crippen molar-refractivity contribution in [1.82, 2.24) is 9.97 Å². The Morgan fingerprint density at radius 1 is 1.30 bits per heavy atom. The molecule has 0 amide bonds. The second kappa shape index (κ2) is 8.41. The second-order valence-corrected chi connectivity index (χ2v) is 6.22. The van der Waals surface area contributed by atoms with Crippen molar-refractivity contribution in [2.24, 2.45) is 0 Å². The molecule has 2 aromatic rings. The minimum absolute atomic E-state index is 0. The maximum absolute atomic E-state index is 11.1. The third-order valence-electron chi connectivity index (χ3n) is 2.15. The molecule has 0 radical (unpaired) electrons. The first kappa shape index (κ1) is 18.0. The number of nitrogens with zero attached hydrogens (tertiary/aromatic N) is 2. The van der Waals surface area contributed by atoms with Crippen molar-refractivity contribution in [1.29, 1.82) is 0 Å². The Kier molecular flexibility index (Phi) is 7.57. The van der Waals surface area contributed by atoms with E-state index in [1.54, 1.807) is 6.26 Å². The molecule has 0 spiro atoms. The number of benzene rings is 1. The van der Waals surface area contributed by atoms with Crippen LogP contribution >= 0.6 is 39.5 Å². The molecule has 2 rings (SSSR count). The van der Waals surface area contributed by atoms with Gasteiger partial charge in [0.05, 0.1) is 10.9 Å². The molecule has 0 bridgehead atoms. The van der Waals surface area contributed by atoms with Crippen LogP contribution in [-0.4, -0.2) is 22.2 Å². The van der Waals surface area contributed by atoms with Crippen LogP contribution in [0.25, 0.3) is 0 Å². The van der Waals surface area contributed by atoms with Gasteiger partial charge in [0.15, 0.2) is 5.16 Å². The Balaban J connectivity index is 0.00000200. The van der Waals surface area contributed by atoms with Gasteiger partial charge in [0.1, 0.15) is 5.69 Å². The minimum Gasteiger partial charge on any atom is -0.543 e. The van der Waals surface area contributed by atoms with Crippen molar-refractivity contribution in [3.05, 3.63) is 40.6 Å². The number of rotatable bonds is 4. The van der Waals surface area contributed by atoms with E-state index in [0.29, 0.717) is 10.1 Å². The molecule has 0 aliphatic rings. The zero-order valence-corrected chi connectivity index (χ0v) is 16.0. The van der Waals surface area contributed by atoms with Crippen LogP contribution in [0.15, 0.2) is 49.9 Å². The van der Waals surface area contributed by atoms with Gasteiger partial charge in [-0.1, -0.05) is 39.5 Å². The third-order valence-corrected chi connectivity index (χ3v) is 4.27. The fourth-order valence-corrected chi connectivity index (χ4v) is 2.77. The van der Waals surface area contributed by atoms with Crippen LogP contribution in [0.4, 0.5) is 0 Å². The van der Waals surface area contributed by atoms with Gasteiger partial charge in [-0.3, -0.25) is 0 Å². The third kappa shape index (κ3) is 4.75. The minimum atomic E-state index is -1.29. The summed E-state index contributed by atoms with van der Waals surface area (Å²) in [6.07, 6.45) is 3.30. The quantitative estimate of drug-likeness (QED) is 0.405. The molecule has 0 unspecified atom stereocenters. The summed E-state index contributed by atoms with van der Waals surface area (Å²) < 4.78 is 0.964. The predicted octanol–water partition coefficient (Wildman–Crippen LogP) is -0.520. The van der Waals surface area contributed by atoms with Crippen LogP contribution in [0.2, 0.25) is 0 Å². The molecule has 0 aliphatic heterocycles. The molecular formula is C12H8BrN2NaO2S2. The summed E-state index contributed by atoms with van der Waals surface area (Å²) in [5, 5.41) is 11.5. The number of carbonyl (C=O) groups excluding carboxylic acids is 1. The first-order valence-corrected chi connectivity index (χ1v) is 7.99. The van der Waals surface area contributed by atoms with Crippen molar-refractivity contribution >= 4 is 45.4 Å². The number of aromatic nitrogens is 2. The van der Waals surface area contributed by atoms with Crippen LogP contribution in [0.3, 0.4) is 0 Å². The van der Waals surface area contributed by atoms with E-state index in [2.05, 4.69) is 25.9 Å². The van der Waals surface area contributed by atoms with Crippen molar-refractivity contribution in [2.75, 3.05) is 6.26 Å². The van der Waals surface area contributed by atoms with E-state index in [4.69, 9.17) is 0 Å². The fourth-order valence-electron chi connectivity index (χ4n) is 1.30. The average molecular weight is 379 g/mol. The van der Waals surface area contributed by atoms with Crippen molar-refractivity contribution in [3.63, 3.8) is 0 Å². The van der Waals surface area contributed by atoms with Crippen LogP contribution in [0.5, 0.6) is 0 Å². The van der Waals surface area contributed by atoms with Gasteiger partial charge in [-0.05, 0) is 30.5 Å². The zero-order valence-electron chi connectivity index (χ0n) is 10.8. The molecule has 0 atom stereocenters. The molecule has 0 saturated carbocycles. The van der Waals surface area contributed by atoms with Crippen LogP contribution in [0.1, 0.15) is 10.5 Å². The predicted molar refractivity (Wildman–Crippen MR) is 76.4 cm³/mol. The van der Waals surface area contributed by atoms with E-state index >= 15 is 0 Å². The van der Waals surface area contributed by atoms with Gasteiger partial charge in [-0.15, -0.1) is 0 Å². The van der Waals surface area contributed by atoms with E-state index < -0.39 is 5.97 Å². The number of carboxylic acid groups (broad SMARTS) is 1. The van der Waals surface area contributed by atoms with E-state index in [-0.39, 0.29) is 35.3 Å². The molecule has 1 aromatic heterocycles. The first-order valence-electron chi connectivity index (χ1n) is 5.16. The molecule has 8 heteroatoms. The summed E-state index contributed by atoms with van der Waals surface area (Å²) in [7, 11) is 0. The molecule has 0 saturated heterocycles. The number of hydrogen-bond acceptors (Lipinski definition) is 6. The zero-order chi connectivity index (χ0) is 13.8. The fraction of sp³-hybridized carbons (Fsp3) is 0.0833. The number of hydrogen-bond donors (Lipinski definition) is 0. The summed E-state index contributed by atoms with van der Waals surface area (Å²) >= 11 is 5.93. The molecular weight excluding hydrogens is 371 g/mol. The molecule has 0 aliphatic carbocycles. The number of thioether (sulfide) groups is 1. The second-order valence-electron chi connectivity index (χ2n) is 3.41. The summed E-state index contributed by atoms with van der Waals surface area (Å²) in [6.45, 7) is 0. The normalized spacial score (nSPS) is 9.90. The Hall–Kier alpha value is -0.0500. The smallest absolute Gasteiger partial charge is 0.543 e. The molecule has 98 valence electrons. The van der Waals surface area contributed by atoms with Gasteiger partial charge in [0, 0.05) is 15.6 Å². The molecule has 20 heavy (non-hydrogen) atoms. The van der Waals surface area contributed by atoms with Crippen LogP contribution in [0, 0.1) is 0 Å². The average Bonchev–Trinajstić information content (AvgIpc) is 2.41. The number of carboxylic acids is 1. The maximum atomic E-state index is 11.1. The maximum Gasteiger partial charge on any atom is 1.00 e. The van der Waals surface area contributed by atoms with Crippen molar-refractivity contribution in [2.45, 2.75) is 14.9 Å². The number of carbonyl (C=O) groups is 1. The van der Waals surface area contributed by atoms with E-state index in [1.807, 2.05) is 24.3 Å². The van der Waals surface area contributed by atoms with Crippen molar-refractivity contribution < 1.29 is 39.5 Å². The number of halogens is 1. The van der Waals surface area contributed by atoms with Gasteiger partial charge in [0.25, 0.3) is 0 Å². The number of aromatic carboxylic acids is 1. The van der Waals surface area contributed by atoms with Gasteiger partial charge >= 0.3 is 29.6 Å². The summed E-state index contributed by atoms with van der Waals surface area (Å²) in [6, 6.07) is 7.54. The Morgan fingerprint density at radius 3 is 2.50 bits per heavy atom. The van der Waals surface area contributed by atoms with Crippen LogP contribution < -0.4 is 34.7 Å². The monoisotopic (exact) mass is 378 g/mol. The standard InChI is InChI=1S/C12H9BrN2O2S2.Na/c1-18-12-14-6-9(10(15-12)11(16)17)19-8-4-2-7(13)3-5-8;/h2-6H,1H3,(H,16,17);/q;+1/p-1. The molecule has 4 nitrogen and oxygen atoms in total. The van der Waals surface area contributed by atoms with Gasteiger partial charge in [-0.2, -0.15) is 0 Å². The topological polar surface area (TPSA) is 65.9 Å². The SMILES string of the molecule is CSc1ncc(Sc2ccc(Br)cc2)c(C(=O)[O-])n1.[Na+]. The largest absolute Gasteiger partial charge is 1.00 e. The summed E-state index contributed by atoms with van der Waals surface area (Å²) in [5.41, 5.74) is -0.0766. The molecule has 0 fully saturated rings. The molecule has 1 aromatic carbocycles. The van der Waals surface area contributed by atoms with E-state index in [0.717, 1.165) is 9.37 Å². The van der Waals surface area contributed by atoms with E-state index in [1.165, 1.54) is 29.7 Å². The van der Waals surface area contributed by atoms with E-state index in [9.17, 15) is 9.90 Å². The van der Waals surface area contributed by atoms with Gasteiger partial charge < -0.3 is 9.90 Å². The first-order chi connectivity index (χ1) is 9.10. The van der Waals surface area contributed by atoms with Crippen LogP contribution in [-0.2, 0) is 0 Å². The Labute approximate surface area is 155 Å². The summed E-state index contributed by atoms with van der Waals surface area (Å²) in [5.74, 6) is -1.29. The molecule has 0 N–H and O–H groups in total. The van der Waals surface area contributed by atoms with Gasteiger partial charge in [-0.25, -0.2) is 9.97 Å². The summed E-state index contributed by atoms with van der Waals surface area (Å²) in [4.78, 5) is 20.5. The van der Waals surface area contributed by atoms with Gasteiger partial charge in [0.2, 0.25) is 0 Å². The Bertz CT molecular complexity index is 611.